The summed E-state index contributed by atoms with van der Waals surface area (Å²) in [6, 6.07) is 7.53. The lowest BCUT2D eigenvalue weighted by Crippen LogP contribution is -2.30. The minimum absolute atomic E-state index is 0.198. The summed E-state index contributed by atoms with van der Waals surface area (Å²) in [6.45, 7) is 5.77. The third-order valence-electron chi connectivity index (χ3n) is 3.13. The van der Waals surface area contributed by atoms with Crippen molar-refractivity contribution in [1.82, 2.24) is 5.32 Å². The van der Waals surface area contributed by atoms with E-state index in [1.54, 1.807) is 7.05 Å². The third kappa shape index (κ3) is 4.84. The molecule has 1 rings (SSSR count). The van der Waals surface area contributed by atoms with E-state index in [-0.39, 0.29) is 5.75 Å². The average molecular weight is 284 g/mol. The van der Waals surface area contributed by atoms with Gasteiger partial charge in [0.25, 0.3) is 0 Å². The first kappa shape index (κ1) is 16.0. The van der Waals surface area contributed by atoms with Gasteiger partial charge in [-0.15, -0.1) is 0 Å². The van der Waals surface area contributed by atoms with Gasteiger partial charge in [-0.1, -0.05) is 25.1 Å². The predicted molar refractivity (Wildman–Crippen MR) is 81.1 cm³/mol. The summed E-state index contributed by atoms with van der Waals surface area (Å²) in [5.41, 5.74) is 1.73. The molecule has 0 heterocycles. The van der Waals surface area contributed by atoms with Crippen LogP contribution in [0.2, 0.25) is 0 Å². The Bertz CT molecular complexity index is 486. The Labute approximate surface area is 116 Å². The number of benzene rings is 1. The molecule has 0 saturated carbocycles. The topological polar surface area (TPSA) is 49.4 Å². The molecule has 4 nitrogen and oxygen atoms in total. The Morgan fingerprint density at radius 1 is 1.21 bits per heavy atom. The highest BCUT2D eigenvalue weighted by atomic mass is 32.2. The number of sulfonamides is 1. The van der Waals surface area contributed by atoms with Crippen LogP contribution in [0.15, 0.2) is 24.3 Å². The fourth-order valence-corrected chi connectivity index (χ4v) is 3.26. The quantitative estimate of drug-likeness (QED) is 0.744. The molecule has 1 aromatic carbocycles. The average Bonchev–Trinajstić information content (AvgIpc) is 2.38. The Hall–Kier alpha value is -1.07. The first-order valence-electron chi connectivity index (χ1n) is 6.72. The van der Waals surface area contributed by atoms with Gasteiger partial charge in [-0.25, -0.2) is 8.42 Å². The van der Waals surface area contributed by atoms with E-state index in [1.807, 2.05) is 38.1 Å². The molecule has 0 saturated heterocycles. The summed E-state index contributed by atoms with van der Waals surface area (Å²) in [6.07, 6.45) is 1.57. The molecular formula is C14H24N2O2S. The highest BCUT2D eigenvalue weighted by molar-refractivity contribution is 7.92. The lowest BCUT2D eigenvalue weighted by molar-refractivity contribution is 0.586. The van der Waals surface area contributed by atoms with Crippen molar-refractivity contribution in [2.24, 2.45) is 0 Å². The minimum atomic E-state index is -3.22. The summed E-state index contributed by atoms with van der Waals surface area (Å²) in [5.74, 6) is 0.198. The molecule has 0 atom stereocenters. The molecule has 0 unspecified atom stereocenters. The Kier molecular flexibility index (Phi) is 6.31. The van der Waals surface area contributed by atoms with Crippen LogP contribution in [0.3, 0.4) is 0 Å². The zero-order valence-corrected chi connectivity index (χ0v) is 12.8. The van der Waals surface area contributed by atoms with Crippen LogP contribution in [-0.2, 0) is 10.0 Å². The lowest BCUT2D eigenvalue weighted by atomic mass is 10.2. The first-order chi connectivity index (χ1) is 8.99. The Balaban J connectivity index is 2.60. The van der Waals surface area contributed by atoms with Crippen molar-refractivity contribution < 1.29 is 8.42 Å². The molecule has 1 aromatic rings. The van der Waals surface area contributed by atoms with Crippen molar-refractivity contribution in [3.05, 3.63) is 29.8 Å². The second-order valence-corrected chi connectivity index (χ2v) is 6.75. The van der Waals surface area contributed by atoms with Crippen LogP contribution >= 0.6 is 0 Å². The number of aryl methyl sites for hydroxylation is 1. The van der Waals surface area contributed by atoms with Crippen molar-refractivity contribution >= 4 is 15.7 Å². The fraction of sp³-hybridized carbons (Fsp3) is 0.571. The molecule has 0 amide bonds. The van der Waals surface area contributed by atoms with Crippen molar-refractivity contribution in [3.8, 4) is 0 Å². The number of anilines is 1. The largest absolute Gasteiger partial charge is 0.317 e. The van der Waals surface area contributed by atoms with E-state index in [9.17, 15) is 8.42 Å². The highest BCUT2D eigenvalue weighted by Crippen LogP contribution is 2.21. The van der Waals surface area contributed by atoms with Crippen LogP contribution < -0.4 is 9.62 Å². The van der Waals surface area contributed by atoms with Gasteiger partial charge in [-0.05, 0) is 44.5 Å². The van der Waals surface area contributed by atoms with E-state index in [0.717, 1.165) is 30.8 Å². The van der Waals surface area contributed by atoms with E-state index in [0.29, 0.717) is 6.42 Å². The lowest BCUT2D eigenvalue weighted by Gasteiger charge is -2.21. The molecule has 0 spiro atoms. The highest BCUT2D eigenvalue weighted by Gasteiger charge is 2.18. The van der Waals surface area contributed by atoms with Crippen LogP contribution in [0, 0.1) is 6.92 Å². The van der Waals surface area contributed by atoms with Crippen LogP contribution in [0.4, 0.5) is 5.69 Å². The number of rotatable bonds is 8. The van der Waals surface area contributed by atoms with Gasteiger partial charge in [-0.3, -0.25) is 4.31 Å². The van der Waals surface area contributed by atoms with Gasteiger partial charge in [-0.2, -0.15) is 0 Å². The molecule has 0 radical (unpaired) electrons. The van der Waals surface area contributed by atoms with Crippen molar-refractivity contribution in [2.45, 2.75) is 26.7 Å². The number of nitrogens with one attached hydrogen (secondary N) is 1. The first-order valence-corrected chi connectivity index (χ1v) is 8.33. The van der Waals surface area contributed by atoms with E-state index >= 15 is 0 Å². The van der Waals surface area contributed by atoms with Gasteiger partial charge in [0.1, 0.15) is 0 Å². The molecule has 5 heteroatoms. The molecule has 1 N–H and O–H groups in total. The number of para-hydroxylation sites is 1. The molecular weight excluding hydrogens is 260 g/mol. The number of hydrogen-bond donors (Lipinski definition) is 1. The van der Waals surface area contributed by atoms with Gasteiger partial charge >= 0.3 is 0 Å². The minimum Gasteiger partial charge on any atom is -0.317 e. The molecule has 0 aromatic heterocycles. The molecule has 19 heavy (non-hydrogen) atoms. The van der Waals surface area contributed by atoms with Crippen molar-refractivity contribution in [1.29, 1.82) is 0 Å². The molecule has 108 valence electrons. The van der Waals surface area contributed by atoms with E-state index < -0.39 is 10.0 Å². The number of hydrogen-bond acceptors (Lipinski definition) is 3. The van der Waals surface area contributed by atoms with Gasteiger partial charge in [0, 0.05) is 7.05 Å². The Morgan fingerprint density at radius 3 is 2.53 bits per heavy atom. The zero-order valence-electron chi connectivity index (χ0n) is 12.0. The van der Waals surface area contributed by atoms with Crippen LogP contribution in [-0.4, -0.2) is 34.3 Å². The second-order valence-electron chi connectivity index (χ2n) is 4.63. The van der Waals surface area contributed by atoms with Crippen LogP contribution in [0.25, 0.3) is 0 Å². The third-order valence-corrected chi connectivity index (χ3v) is 4.96. The zero-order chi connectivity index (χ0) is 14.3. The maximum atomic E-state index is 12.2. The second kappa shape index (κ2) is 7.50. The number of unbranched alkanes of at least 4 members (excludes halogenated alkanes) is 1. The maximum Gasteiger partial charge on any atom is 0.234 e. The SMILES string of the molecule is CCNCCCCS(=O)(=O)N(C)c1ccccc1C. The van der Waals surface area contributed by atoms with Crippen molar-refractivity contribution in [2.75, 3.05) is 30.2 Å². The fourth-order valence-electron chi connectivity index (χ4n) is 1.91. The van der Waals surface area contributed by atoms with Gasteiger partial charge in [0.2, 0.25) is 10.0 Å². The molecule has 0 aliphatic heterocycles. The number of nitrogens with zero attached hydrogens (tertiary/aromatic N) is 1. The van der Waals surface area contributed by atoms with Crippen molar-refractivity contribution in [3.63, 3.8) is 0 Å². The summed E-state index contributed by atoms with van der Waals surface area (Å²) in [5, 5.41) is 3.20. The predicted octanol–water partition coefficient (Wildman–Crippen LogP) is 2.15. The summed E-state index contributed by atoms with van der Waals surface area (Å²) < 4.78 is 25.8. The summed E-state index contributed by atoms with van der Waals surface area (Å²) in [4.78, 5) is 0. The molecule has 0 aliphatic carbocycles. The molecule has 0 aliphatic rings. The Morgan fingerprint density at radius 2 is 1.89 bits per heavy atom. The molecule has 0 fully saturated rings. The van der Waals surface area contributed by atoms with Crippen LogP contribution in [0.1, 0.15) is 25.3 Å². The maximum absolute atomic E-state index is 12.2. The van der Waals surface area contributed by atoms with E-state index in [2.05, 4.69) is 5.32 Å². The van der Waals surface area contributed by atoms with E-state index in [1.165, 1.54) is 4.31 Å². The standard InChI is InChI=1S/C14H24N2O2S/c1-4-15-11-7-8-12-19(17,18)16(3)14-10-6-5-9-13(14)2/h5-6,9-10,15H,4,7-8,11-12H2,1-3H3. The normalized spacial score (nSPS) is 11.5. The monoisotopic (exact) mass is 284 g/mol. The van der Waals surface area contributed by atoms with Crippen LogP contribution in [0.5, 0.6) is 0 Å². The van der Waals surface area contributed by atoms with E-state index in [4.69, 9.17) is 0 Å². The molecule has 0 bridgehead atoms. The van der Waals surface area contributed by atoms with Gasteiger partial charge < -0.3 is 5.32 Å². The van der Waals surface area contributed by atoms with Gasteiger partial charge in [0.05, 0.1) is 11.4 Å². The van der Waals surface area contributed by atoms with Gasteiger partial charge in [0.15, 0.2) is 0 Å². The smallest absolute Gasteiger partial charge is 0.234 e. The summed E-state index contributed by atoms with van der Waals surface area (Å²) in [7, 11) is -1.59. The summed E-state index contributed by atoms with van der Waals surface area (Å²) >= 11 is 0.